The first-order chi connectivity index (χ1) is 15.4. The molecule has 2 aliphatic rings. The fraction of sp³-hybridized carbons (Fsp3) is 0.286. The molecule has 11 heteroatoms. The molecule has 0 bridgehead atoms. The molecule has 0 aliphatic carbocycles. The molecule has 0 unspecified atom stereocenters. The number of ether oxygens (including phenoxy) is 1. The summed E-state index contributed by atoms with van der Waals surface area (Å²) in [5.74, 6) is -0.380. The van der Waals surface area contributed by atoms with Crippen molar-refractivity contribution in [1.29, 1.82) is 0 Å². The van der Waals surface area contributed by atoms with Crippen LogP contribution in [-0.4, -0.2) is 65.4 Å². The number of halogens is 1. The number of nitrogens with zero attached hydrogens (tertiary/aromatic N) is 4. The fourth-order valence-corrected chi connectivity index (χ4v) is 4.18. The second kappa shape index (κ2) is 9.35. The number of imide groups is 1. The quantitative estimate of drug-likeness (QED) is 0.702. The van der Waals surface area contributed by atoms with Gasteiger partial charge in [0.1, 0.15) is 11.6 Å². The van der Waals surface area contributed by atoms with Gasteiger partial charge in [0.25, 0.3) is 11.1 Å². The number of carbonyl (C=O) groups is 3. The van der Waals surface area contributed by atoms with E-state index in [1.807, 2.05) is 4.90 Å². The summed E-state index contributed by atoms with van der Waals surface area (Å²) < 4.78 is 19.4. The van der Waals surface area contributed by atoms with Crippen molar-refractivity contribution in [3.8, 4) is 11.3 Å². The number of hydrogen-bond donors (Lipinski definition) is 1. The molecular formula is C21H20FN5O4S. The normalized spacial score (nSPS) is 18.0. The number of nitrogens with one attached hydrogen (secondary N) is 1. The summed E-state index contributed by atoms with van der Waals surface area (Å²) in [5, 5.41) is 1.75. The van der Waals surface area contributed by atoms with Gasteiger partial charge in [-0.15, -0.1) is 0 Å². The molecule has 32 heavy (non-hydrogen) atoms. The Labute approximate surface area is 187 Å². The lowest BCUT2D eigenvalue weighted by molar-refractivity contribution is -0.115. The topological polar surface area (TPSA) is 105 Å². The fourth-order valence-electron chi connectivity index (χ4n) is 3.50. The average Bonchev–Trinajstić information content (AvgIpc) is 2.97. The van der Waals surface area contributed by atoms with Crippen molar-refractivity contribution in [2.75, 3.05) is 38.2 Å². The third-order valence-electron chi connectivity index (χ3n) is 5.08. The Morgan fingerprint density at radius 3 is 2.81 bits per heavy atom. The second-order valence-corrected chi connectivity index (χ2v) is 8.17. The maximum Gasteiger partial charge on any atom is 0.409 e. The Kier molecular flexibility index (Phi) is 6.35. The highest BCUT2D eigenvalue weighted by Gasteiger charge is 2.25. The number of amides is 3. The summed E-state index contributed by atoms with van der Waals surface area (Å²) >= 11 is 0.798. The van der Waals surface area contributed by atoms with Gasteiger partial charge in [-0.1, -0.05) is 6.07 Å². The van der Waals surface area contributed by atoms with Gasteiger partial charge in [-0.3, -0.25) is 19.9 Å². The van der Waals surface area contributed by atoms with Crippen LogP contribution in [0.5, 0.6) is 0 Å². The molecule has 1 aromatic heterocycles. The highest BCUT2D eigenvalue weighted by molar-refractivity contribution is 8.18. The largest absolute Gasteiger partial charge is 0.453 e. The van der Waals surface area contributed by atoms with Gasteiger partial charge in [0, 0.05) is 31.7 Å². The van der Waals surface area contributed by atoms with E-state index < -0.39 is 17.0 Å². The smallest absolute Gasteiger partial charge is 0.409 e. The SMILES string of the molecule is COC(=O)N1CCCN(c2cncc(-c3cc(/C=C4\SC(=O)NC4=O)ccc3F)n2)CC1. The lowest BCUT2D eigenvalue weighted by Crippen LogP contribution is -2.35. The van der Waals surface area contributed by atoms with E-state index in [-0.39, 0.29) is 16.6 Å². The molecular weight excluding hydrogens is 437 g/mol. The zero-order valence-electron chi connectivity index (χ0n) is 17.2. The van der Waals surface area contributed by atoms with E-state index in [4.69, 9.17) is 4.74 Å². The minimum absolute atomic E-state index is 0.231. The maximum absolute atomic E-state index is 14.6. The zero-order chi connectivity index (χ0) is 22.7. The second-order valence-electron chi connectivity index (χ2n) is 7.15. The van der Waals surface area contributed by atoms with E-state index in [0.717, 1.165) is 18.2 Å². The molecule has 2 aromatic rings. The van der Waals surface area contributed by atoms with Gasteiger partial charge >= 0.3 is 6.09 Å². The van der Waals surface area contributed by atoms with Crippen LogP contribution in [0.4, 0.5) is 19.8 Å². The molecule has 2 fully saturated rings. The summed E-state index contributed by atoms with van der Waals surface area (Å²) in [6.07, 6.45) is 4.97. The van der Waals surface area contributed by atoms with Crippen LogP contribution in [0, 0.1) is 5.82 Å². The molecule has 166 valence electrons. The molecule has 0 spiro atoms. The van der Waals surface area contributed by atoms with Gasteiger partial charge in [0.15, 0.2) is 0 Å². The Bertz CT molecular complexity index is 1110. The lowest BCUT2D eigenvalue weighted by Gasteiger charge is -2.22. The predicted octanol–water partition coefficient (Wildman–Crippen LogP) is 2.89. The first kappa shape index (κ1) is 21.8. The van der Waals surface area contributed by atoms with E-state index in [2.05, 4.69) is 15.3 Å². The van der Waals surface area contributed by atoms with Crippen molar-refractivity contribution in [2.24, 2.45) is 0 Å². The third kappa shape index (κ3) is 4.72. The van der Waals surface area contributed by atoms with Crippen LogP contribution in [-0.2, 0) is 9.53 Å². The maximum atomic E-state index is 14.6. The highest BCUT2D eigenvalue weighted by Crippen LogP contribution is 2.29. The van der Waals surface area contributed by atoms with Crippen molar-refractivity contribution in [2.45, 2.75) is 6.42 Å². The van der Waals surface area contributed by atoms with Crippen LogP contribution < -0.4 is 10.2 Å². The number of hydrogen-bond acceptors (Lipinski definition) is 8. The standard InChI is InChI=1S/C21H20FN5O4S/c1-31-21(30)27-6-2-5-26(7-8-27)18-12-23-11-16(24-18)14-9-13(3-4-15(14)22)10-17-19(28)25-20(29)32-17/h3-4,9-12H,2,5-8H2,1H3,(H,25,28,29)/b17-10-. The Morgan fingerprint density at radius 1 is 1.22 bits per heavy atom. The van der Waals surface area contributed by atoms with Crippen LogP contribution >= 0.6 is 11.8 Å². The number of rotatable bonds is 3. The van der Waals surface area contributed by atoms with Crippen molar-refractivity contribution in [3.05, 3.63) is 46.9 Å². The molecule has 2 saturated heterocycles. The van der Waals surface area contributed by atoms with Crippen LogP contribution in [0.25, 0.3) is 17.3 Å². The summed E-state index contributed by atoms with van der Waals surface area (Å²) in [6, 6.07) is 4.37. The van der Waals surface area contributed by atoms with Gasteiger partial charge in [-0.25, -0.2) is 14.2 Å². The van der Waals surface area contributed by atoms with E-state index in [9.17, 15) is 18.8 Å². The average molecular weight is 457 g/mol. The number of thioether (sulfide) groups is 1. The monoisotopic (exact) mass is 457 g/mol. The van der Waals surface area contributed by atoms with Gasteiger partial charge in [0.2, 0.25) is 0 Å². The number of benzene rings is 1. The number of carbonyl (C=O) groups excluding carboxylic acids is 3. The van der Waals surface area contributed by atoms with Gasteiger partial charge in [0.05, 0.1) is 30.1 Å². The van der Waals surface area contributed by atoms with Crippen molar-refractivity contribution < 1.29 is 23.5 Å². The molecule has 9 nitrogen and oxygen atoms in total. The van der Waals surface area contributed by atoms with Gasteiger partial charge in [-0.2, -0.15) is 0 Å². The third-order valence-corrected chi connectivity index (χ3v) is 5.89. The highest BCUT2D eigenvalue weighted by atomic mass is 32.2. The van der Waals surface area contributed by atoms with E-state index in [0.29, 0.717) is 43.3 Å². The molecule has 3 amide bonds. The molecule has 0 saturated carbocycles. The van der Waals surface area contributed by atoms with E-state index in [1.165, 1.54) is 31.5 Å². The van der Waals surface area contributed by atoms with Crippen LogP contribution in [0.15, 0.2) is 35.5 Å². The minimum Gasteiger partial charge on any atom is -0.453 e. The molecule has 2 aliphatic heterocycles. The number of anilines is 1. The number of aromatic nitrogens is 2. The summed E-state index contributed by atoms with van der Waals surface area (Å²) in [5.41, 5.74) is 1.13. The Balaban J connectivity index is 1.58. The van der Waals surface area contributed by atoms with Crippen LogP contribution in [0.1, 0.15) is 12.0 Å². The van der Waals surface area contributed by atoms with Gasteiger partial charge < -0.3 is 14.5 Å². The Morgan fingerprint density at radius 2 is 2.06 bits per heavy atom. The molecule has 4 rings (SSSR count). The van der Waals surface area contributed by atoms with E-state index in [1.54, 1.807) is 17.2 Å². The zero-order valence-corrected chi connectivity index (χ0v) is 18.0. The molecule has 1 aromatic carbocycles. The molecule has 1 N–H and O–H groups in total. The minimum atomic E-state index is -0.481. The molecule has 0 radical (unpaired) electrons. The first-order valence-corrected chi connectivity index (χ1v) is 10.7. The summed E-state index contributed by atoms with van der Waals surface area (Å²) in [6.45, 7) is 2.27. The van der Waals surface area contributed by atoms with Gasteiger partial charge in [-0.05, 0) is 42.0 Å². The molecule has 0 atom stereocenters. The van der Waals surface area contributed by atoms with Crippen LogP contribution in [0.3, 0.4) is 0 Å². The Hall–Kier alpha value is -3.47. The number of methoxy groups -OCH3 is 1. The predicted molar refractivity (Wildman–Crippen MR) is 117 cm³/mol. The summed E-state index contributed by atoms with van der Waals surface area (Å²) in [7, 11) is 1.36. The van der Waals surface area contributed by atoms with Crippen molar-refractivity contribution in [3.63, 3.8) is 0 Å². The van der Waals surface area contributed by atoms with E-state index >= 15 is 0 Å². The molecule has 3 heterocycles. The lowest BCUT2D eigenvalue weighted by atomic mass is 10.1. The van der Waals surface area contributed by atoms with Crippen molar-refractivity contribution in [1.82, 2.24) is 20.2 Å². The van der Waals surface area contributed by atoms with Crippen molar-refractivity contribution >= 4 is 40.9 Å². The summed E-state index contributed by atoms with van der Waals surface area (Å²) in [4.78, 5) is 47.6. The first-order valence-electron chi connectivity index (χ1n) is 9.89. The van der Waals surface area contributed by atoms with Crippen LogP contribution in [0.2, 0.25) is 0 Å².